The Bertz CT molecular complexity index is 751. The zero-order valence-corrected chi connectivity index (χ0v) is 13.4. The Morgan fingerprint density at radius 2 is 2.00 bits per heavy atom. The van der Waals surface area contributed by atoms with Crippen molar-refractivity contribution in [2.45, 2.75) is 16.2 Å². The smallest absolute Gasteiger partial charge is 0.0466 e. The van der Waals surface area contributed by atoms with Crippen LogP contribution in [0.4, 0.5) is 0 Å². The highest BCUT2D eigenvalue weighted by Gasteiger charge is 2.09. The molecule has 3 aromatic rings. The van der Waals surface area contributed by atoms with Crippen LogP contribution in [-0.4, -0.2) is 18.6 Å². The monoisotopic (exact) mass is 316 g/mol. The Kier molecular flexibility index (Phi) is 4.54. The van der Waals surface area contributed by atoms with Crippen LogP contribution in [0.1, 0.15) is 5.56 Å². The molecule has 0 aliphatic heterocycles. The number of aromatic amines is 1. The molecule has 2 nitrogen and oxygen atoms in total. The van der Waals surface area contributed by atoms with Gasteiger partial charge in [0.2, 0.25) is 0 Å². The predicted octanol–water partition coefficient (Wildman–Crippen LogP) is 4.73. The minimum Gasteiger partial charge on any atom is -0.360 e. The number of benzene rings is 2. The molecule has 21 heavy (non-hydrogen) atoms. The van der Waals surface area contributed by atoms with Gasteiger partial charge in [-0.3, -0.25) is 0 Å². The summed E-state index contributed by atoms with van der Waals surface area (Å²) in [6.07, 6.45) is 3.09. The van der Waals surface area contributed by atoms with Crippen molar-refractivity contribution in [2.24, 2.45) is 0 Å². The third kappa shape index (κ3) is 3.26. The second-order valence-electron chi connectivity index (χ2n) is 4.91. The summed E-state index contributed by atoms with van der Waals surface area (Å²) in [7, 11) is 1.98. The summed E-state index contributed by atoms with van der Waals surface area (Å²) in [5, 5.41) is 5.15. The first-order chi connectivity index (χ1) is 10.3. The van der Waals surface area contributed by atoms with Gasteiger partial charge in [0.1, 0.15) is 0 Å². The molecule has 2 aromatic carbocycles. The first kappa shape index (κ1) is 14.5. The van der Waals surface area contributed by atoms with Crippen molar-refractivity contribution in [1.29, 1.82) is 0 Å². The maximum Gasteiger partial charge on any atom is 0.0466 e. The van der Waals surface area contributed by atoms with Gasteiger partial charge in [-0.25, -0.2) is 0 Å². The second-order valence-corrected chi connectivity index (χ2v) is 6.43. The third-order valence-electron chi connectivity index (χ3n) is 3.44. The molecule has 2 N–H and O–H groups in total. The number of aromatic nitrogens is 1. The van der Waals surface area contributed by atoms with Gasteiger partial charge in [-0.1, -0.05) is 41.6 Å². The highest BCUT2D eigenvalue weighted by Crippen LogP contribution is 2.36. The summed E-state index contributed by atoms with van der Waals surface area (Å²) in [4.78, 5) is 5.82. The van der Waals surface area contributed by atoms with Crippen LogP contribution in [0.15, 0.2) is 58.5 Å². The lowest BCUT2D eigenvalue weighted by atomic mass is 10.1. The molecule has 0 aliphatic carbocycles. The van der Waals surface area contributed by atoms with Crippen LogP contribution in [0.3, 0.4) is 0 Å². The van der Waals surface area contributed by atoms with E-state index in [0.29, 0.717) is 0 Å². The van der Waals surface area contributed by atoms with Crippen molar-refractivity contribution in [3.05, 3.63) is 59.2 Å². The van der Waals surface area contributed by atoms with E-state index < -0.39 is 0 Å². The molecule has 0 saturated carbocycles. The van der Waals surface area contributed by atoms with Crippen LogP contribution in [0.5, 0.6) is 0 Å². The average molecular weight is 317 g/mol. The minimum absolute atomic E-state index is 0.771. The van der Waals surface area contributed by atoms with Gasteiger partial charge >= 0.3 is 0 Å². The Morgan fingerprint density at radius 3 is 2.86 bits per heavy atom. The van der Waals surface area contributed by atoms with Crippen LogP contribution in [0.2, 0.25) is 5.02 Å². The van der Waals surface area contributed by atoms with E-state index in [1.165, 1.54) is 20.7 Å². The molecule has 1 heterocycles. The van der Waals surface area contributed by atoms with Crippen molar-refractivity contribution < 1.29 is 0 Å². The van der Waals surface area contributed by atoms with E-state index in [9.17, 15) is 0 Å². The number of hydrogen-bond acceptors (Lipinski definition) is 2. The van der Waals surface area contributed by atoms with Gasteiger partial charge in [0.15, 0.2) is 0 Å². The molecule has 0 saturated heterocycles. The molecule has 0 unspecified atom stereocenters. The molecule has 108 valence electrons. The Hall–Kier alpha value is -1.42. The number of nitrogens with one attached hydrogen (secondary N) is 2. The minimum atomic E-state index is 0.771. The second kappa shape index (κ2) is 6.56. The molecule has 0 fully saturated rings. The van der Waals surface area contributed by atoms with E-state index in [-0.39, 0.29) is 0 Å². The van der Waals surface area contributed by atoms with Crippen LogP contribution in [0, 0.1) is 0 Å². The van der Waals surface area contributed by atoms with Gasteiger partial charge in [0.05, 0.1) is 0 Å². The fourth-order valence-electron chi connectivity index (χ4n) is 2.34. The molecule has 0 atom stereocenters. The van der Waals surface area contributed by atoms with Crippen LogP contribution in [0.25, 0.3) is 10.9 Å². The van der Waals surface area contributed by atoms with E-state index in [0.717, 1.165) is 23.5 Å². The molecule has 0 spiro atoms. The number of likely N-dealkylation sites (N-methyl/N-ethyl adjacent to an activating group) is 1. The highest BCUT2D eigenvalue weighted by molar-refractivity contribution is 7.99. The number of rotatable bonds is 5. The van der Waals surface area contributed by atoms with Crippen molar-refractivity contribution >= 4 is 34.3 Å². The summed E-state index contributed by atoms with van der Waals surface area (Å²) in [6, 6.07) is 14.5. The average Bonchev–Trinajstić information content (AvgIpc) is 2.89. The van der Waals surface area contributed by atoms with Gasteiger partial charge in [-0.05, 0) is 49.8 Å². The van der Waals surface area contributed by atoms with Crippen LogP contribution >= 0.6 is 23.4 Å². The molecule has 0 amide bonds. The predicted molar refractivity (Wildman–Crippen MR) is 91.5 cm³/mol. The van der Waals surface area contributed by atoms with Crippen molar-refractivity contribution in [1.82, 2.24) is 10.3 Å². The number of hydrogen-bond donors (Lipinski definition) is 2. The third-order valence-corrected chi connectivity index (χ3v) is 4.85. The molecule has 3 rings (SSSR count). The molecule has 4 heteroatoms. The normalized spacial score (nSPS) is 11.1. The highest BCUT2D eigenvalue weighted by atomic mass is 35.5. The molecular weight excluding hydrogens is 300 g/mol. The van der Waals surface area contributed by atoms with Gasteiger partial charge < -0.3 is 10.3 Å². The fraction of sp³-hybridized carbons (Fsp3) is 0.176. The zero-order chi connectivity index (χ0) is 14.7. The summed E-state index contributed by atoms with van der Waals surface area (Å²) in [6.45, 7) is 0.983. The Labute approximate surface area is 133 Å². The zero-order valence-electron chi connectivity index (χ0n) is 11.8. The first-order valence-corrected chi connectivity index (χ1v) is 8.14. The Balaban J connectivity index is 1.93. The van der Waals surface area contributed by atoms with E-state index in [1.54, 1.807) is 11.8 Å². The van der Waals surface area contributed by atoms with Crippen LogP contribution < -0.4 is 5.32 Å². The lowest BCUT2D eigenvalue weighted by Gasteiger charge is -2.08. The van der Waals surface area contributed by atoms with E-state index >= 15 is 0 Å². The summed E-state index contributed by atoms with van der Waals surface area (Å²) in [5.74, 6) is 0. The number of halogens is 1. The maximum absolute atomic E-state index is 6.12. The molecule has 0 aliphatic rings. The van der Waals surface area contributed by atoms with E-state index in [4.69, 9.17) is 11.6 Å². The largest absolute Gasteiger partial charge is 0.360 e. The molecular formula is C17H17ClN2S. The summed E-state index contributed by atoms with van der Waals surface area (Å²) >= 11 is 7.91. The molecule has 0 radical (unpaired) electrons. The standard InChI is InChI=1S/C17H17ClN2S/c1-19-9-8-12-4-2-3-5-16(12)21-17-11-20-15-7-6-13(18)10-14(15)17/h2-7,10-11,19-20H,8-9H2,1H3. The molecule has 0 bridgehead atoms. The first-order valence-electron chi connectivity index (χ1n) is 6.95. The van der Waals surface area contributed by atoms with E-state index in [1.807, 2.05) is 25.2 Å². The van der Waals surface area contributed by atoms with Gasteiger partial charge in [0.25, 0.3) is 0 Å². The summed E-state index contributed by atoms with van der Waals surface area (Å²) in [5.41, 5.74) is 2.49. The Morgan fingerprint density at radius 1 is 1.14 bits per heavy atom. The van der Waals surface area contributed by atoms with Crippen molar-refractivity contribution in [2.75, 3.05) is 13.6 Å². The van der Waals surface area contributed by atoms with Crippen molar-refractivity contribution in [3.8, 4) is 0 Å². The van der Waals surface area contributed by atoms with Crippen LogP contribution in [-0.2, 0) is 6.42 Å². The molecule has 1 aromatic heterocycles. The topological polar surface area (TPSA) is 27.8 Å². The lowest BCUT2D eigenvalue weighted by molar-refractivity contribution is 0.783. The van der Waals surface area contributed by atoms with E-state index in [2.05, 4.69) is 40.8 Å². The fourth-order valence-corrected chi connectivity index (χ4v) is 3.59. The lowest BCUT2D eigenvalue weighted by Crippen LogP contribution is -2.10. The van der Waals surface area contributed by atoms with Gasteiger partial charge in [-0.15, -0.1) is 0 Å². The summed E-state index contributed by atoms with van der Waals surface area (Å²) < 4.78 is 0. The quantitative estimate of drug-likeness (QED) is 0.712. The van der Waals surface area contributed by atoms with Gasteiger partial charge in [-0.2, -0.15) is 0 Å². The number of fused-ring (bicyclic) bond motifs is 1. The van der Waals surface area contributed by atoms with Gasteiger partial charge in [0, 0.05) is 31.9 Å². The number of H-pyrrole nitrogens is 1. The van der Waals surface area contributed by atoms with Crippen molar-refractivity contribution in [3.63, 3.8) is 0 Å². The SMILES string of the molecule is CNCCc1ccccc1Sc1c[nH]c2ccc(Cl)cc12. The maximum atomic E-state index is 6.12.